The quantitative estimate of drug-likeness (QED) is 0.594. The van der Waals surface area contributed by atoms with Gasteiger partial charge in [-0.1, -0.05) is 6.08 Å². The van der Waals surface area contributed by atoms with Crippen molar-refractivity contribution in [2.45, 2.75) is 18.3 Å². The number of nitrogens with one attached hydrogen (secondary N) is 1. The van der Waals surface area contributed by atoms with E-state index in [1.165, 1.54) is 0 Å². The molecule has 20 heavy (non-hydrogen) atoms. The highest BCUT2D eigenvalue weighted by Crippen LogP contribution is 2.52. The number of alkyl halides is 3. The van der Waals surface area contributed by atoms with E-state index in [0.717, 1.165) is 0 Å². The third-order valence-electron chi connectivity index (χ3n) is 3.71. The standard InChI is InChI=1S/C9H11Cl3F3NO2SSi/c10-20(11,12)8-3-5-1-6(7(8)2-5)4-16-19(17,18)9(13,14)15/h3,5-7,16H,1-2,4H2. The van der Waals surface area contributed by atoms with E-state index in [1.807, 2.05) is 6.08 Å². The lowest BCUT2D eigenvalue weighted by Gasteiger charge is -2.26. The van der Waals surface area contributed by atoms with E-state index in [2.05, 4.69) is 0 Å². The minimum Gasteiger partial charge on any atom is -0.207 e. The molecule has 3 unspecified atom stereocenters. The molecule has 0 amide bonds. The van der Waals surface area contributed by atoms with Crippen LogP contribution in [0.2, 0.25) is 0 Å². The van der Waals surface area contributed by atoms with Crippen LogP contribution in [0.4, 0.5) is 13.2 Å². The Labute approximate surface area is 129 Å². The van der Waals surface area contributed by atoms with Crippen LogP contribution < -0.4 is 4.72 Å². The molecule has 116 valence electrons. The molecule has 0 spiro atoms. The van der Waals surface area contributed by atoms with Crippen LogP contribution in [0.3, 0.4) is 0 Å². The van der Waals surface area contributed by atoms with E-state index in [4.69, 9.17) is 33.2 Å². The van der Waals surface area contributed by atoms with E-state index in [0.29, 0.717) is 18.0 Å². The molecule has 0 aromatic heterocycles. The number of fused-ring (bicyclic) bond motifs is 2. The lowest BCUT2D eigenvalue weighted by atomic mass is 9.93. The van der Waals surface area contributed by atoms with Gasteiger partial charge in [0.25, 0.3) is 0 Å². The predicted octanol–water partition coefficient (Wildman–Crippen LogP) is 3.20. The van der Waals surface area contributed by atoms with Crippen molar-refractivity contribution in [1.82, 2.24) is 4.72 Å². The summed E-state index contributed by atoms with van der Waals surface area (Å²) in [6.45, 7) is -0.282. The van der Waals surface area contributed by atoms with Crippen LogP contribution in [0.15, 0.2) is 11.3 Å². The van der Waals surface area contributed by atoms with Gasteiger partial charge in [-0.05, 0) is 35.8 Å². The number of halogens is 6. The molecule has 2 bridgehead atoms. The van der Waals surface area contributed by atoms with Gasteiger partial charge in [-0.2, -0.15) is 13.2 Å². The number of hydrogen-bond acceptors (Lipinski definition) is 2. The Morgan fingerprint density at radius 2 is 1.90 bits per heavy atom. The van der Waals surface area contributed by atoms with Gasteiger partial charge < -0.3 is 0 Å². The summed E-state index contributed by atoms with van der Waals surface area (Å²) in [5.41, 5.74) is -5.30. The van der Waals surface area contributed by atoms with Crippen LogP contribution in [-0.4, -0.2) is 26.5 Å². The molecule has 0 aromatic rings. The molecular formula is C9H11Cl3F3NO2SSi. The smallest absolute Gasteiger partial charge is 0.207 e. The number of allylic oxidation sites excluding steroid dienone is 2. The molecule has 0 saturated heterocycles. The van der Waals surface area contributed by atoms with E-state index in [-0.39, 0.29) is 24.3 Å². The normalized spacial score (nSPS) is 30.7. The minimum absolute atomic E-state index is 0.130. The second-order valence-corrected chi connectivity index (χ2v) is 15.2. The fourth-order valence-electron chi connectivity index (χ4n) is 2.89. The number of rotatable bonds is 4. The third kappa shape index (κ3) is 3.30. The fraction of sp³-hybridized carbons (Fsp3) is 0.778. The van der Waals surface area contributed by atoms with Crippen molar-refractivity contribution in [3.05, 3.63) is 11.3 Å². The van der Waals surface area contributed by atoms with Crippen LogP contribution in [0, 0.1) is 17.8 Å². The molecule has 1 N–H and O–H groups in total. The average molecular weight is 389 g/mol. The van der Waals surface area contributed by atoms with Gasteiger partial charge in [0.1, 0.15) is 0 Å². The van der Waals surface area contributed by atoms with Crippen molar-refractivity contribution in [1.29, 1.82) is 0 Å². The molecule has 1 saturated carbocycles. The summed E-state index contributed by atoms with van der Waals surface area (Å²) in [6.07, 6.45) is 3.22. The summed E-state index contributed by atoms with van der Waals surface area (Å²) in [4.78, 5) is 0. The Balaban J connectivity index is 2.03. The van der Waals surface area contributed by atoms with Gasteiger partial charge in [-0.3, -0.25) is 0 Å². The first-order chi connectivity index (χ1) is 8.92. The molecule has 2 aliphatic rings. The fourth-order valence-corrected chi connectivity index (χ4v) is 6.52. The third-order valence-corrected chi connectivity index (χ3v) is 8.03. The van der Waals surface area contributed by atoms with Crippen LogP contribution in [0.25, 0.3) is 0 Å². The Morgan fingerprint density at radius 3 is 2.35 bits per heavy atom. The van der Waals surface area contributed by atoms with Crippen LogP contribution in [0.5, 0.6) is 0 Å². The van der Waals surface area contributed by atoms with Crippen molar-refractivity contribution < 1.29 is 21.6 Å². The lowest BCUT2D eigenvalue weighted by molar-refractivity contribution is -0.0448. The minimum atomic E-state index is -5.31. The van der Waals surface area contributed by atoms with Gasteiger partial charge in [0.05, 0.1) is 0 Å². The zero-order chi connectivity index (χ0) is 15.3. The highest BCUT2D eigenvalue weighted by molar-refractivity contribution is 7.90. The monoisotopic (exact) mass is 387 g/mol. The van der Waals surface area contributed by atoms with E-state index in [9.17, 15) is 21.6 Å². The van der Waals surface area contributed by atoms with Crippen LogP contribution in [-0.2, 0) is 10.0 Å². The predicted molar refractivity (Wildman–Crippen MR) is 74.1 cm³/mol. The highest BCUT2D eigenvalue weighted by Gasteiger charge is 2.50. The molecule has 0 aromatic carbocycles. The Morgan fingerprint density at radius 1 is 1.30 bits per heavy atom. The maximum atomic E-state index is 12.2. The van der Waals surface area contributed by atoms with E-state index >= 15 is 0 Å². The first kappa shape index (κ1) is 16.9. The number of sulfonamides is 1. The summed E-state index contributed by atoms with van der Waals surface area (Å²) in [7, 11) is -5.31. The molecule has 3 atom stereocenters. The summed E-state index contributed by atoms with van der Waals surface area (Å²) in [6, 6.07) is -3.05. The molecular weight excluding hydrogens is 378 g/mol. The molecule has 1 fully saturated rings. The molecule has 0 aliphatic heterocycles. The van der Waals surface area contributed by atoms with Crippen molar-refractivity contribution >= 4 is 49.3 Å². The van der Waals surface area contributed by atoms with Crippen molar-refractivity contribution in [2.75, 3.05) is 6.54 Å². The Hall–Kier alpha value is 0.527. The van der Waals surface area contributed by atoms with Gasteiger partial charge in [-0.25, -0.2) is 13.1 Å². The van der Waals surface area contributed by atoms with Gasteiger partial charge in [0.15, 0.2) is 0 Å². The van der Waals surface area contributed by atoms with Gasteiger partial charge in [-0.15, -0.1) is 33.2 Å². The van der Waals surface area contributed by atoms with Crippen LogP contribution in [0.1, 0.15) is 12.8 Å². The Bertz CT molecular complexity index is 532. The molecule has 0 radical (unpaired) electrons. The number of hydrogen-bond donors (Lipinski definition) is 1. The SMILES string of the molecule is O=S(=O)(NCC1CC2C=C([Si](Cl)(Cl)Cl)C1C2)C(F)(F)F. The lowest BCUT2D eigenvalue weighted by Crippen LogP contribution is -2.40. The van der Waals surface area contributed by atoms with Crippen molar-refractivity contribution in [3.8, 4) is 0 Å². The summed E-state index contributed by atoms with van der Waals surface area (Å²) in [5, 5.41) is 0.690. The molecule has 0 heterocycles. The van der Waals surface area contributed by atoms with Crippen molar-refractivity contribution in [2.24, 2.45) is 17.8 Å². The van der Waals surface area contributed by atoms with Gasteiger partial charge in [0.2, 0.25) is 0 Å². The average Bonchev–Trinajstić information content (AvgIpc) is 2.82. The van der Waals surface area contributed by atoms with Crippen LogP contribution >= 0.6 is 33.2 Å². The zero-order valence-corrected chi connectivity index (χ0v) is 14.0. The first-order valence-electron chi connectivity index (χ1n) is 5.76. The topological polar surface area (TPSA) is 46.2 Å². The molecule has 11 heteroatoms. The maximum Gasteiger partial charge on any atom is 0.511 e. The second-order valence-electron chi connectivity index (χ2n) is 5.02. The Kier molecular flexibility index (Phi) is 4.48. The molecule has 2 rings (SSSR count). The van der Waals surface area contributed by atoms with Gasteiger partial charge >= 0.3 is 21.5 Å². The highest BCUT2D eigenvalue weighted by atomic mass is 35.8. The van der Waals surface area contributed by atoms with E-state index < -0.39 is 21.5 Å². The molecule has 2 aliphatic carbocycles. The summed E-state index contributed by atoms with van der Waals surface area (Å²) in [5.74, 6) is -0.214. The first-order valence-corrected chi connectivity index (χ1v) is 12.3. The molecule has 3 nitrogen and oxygen atoms in total. The summed E-state index contributed by atoms with van der Waals surface area (Å²) < 4.78 is 60.3. The summed E-state index contributed by atoms with van der Waals surface area (Å²) >= 11 is 17.8. The maximum absolute atomic E-state index is 12.2. The largest absolute Gasteiger partial charge is 0.511 e. The second kappa shape index (κ2) is 5.31. The van der Waals surface area contributed by atoms with Crippen molar-refractivity contribution in [3.63, 3.8) is 0 Å². The van der Waals surface area contributed by atoms with E-state index in [1.54, 1.807) is 4.72 Å². The van der Waals surface area contributed by atoms with Gasteiger partial charge in [0, 0.05) is 6.54 Å². The zero-order valence-electron chi connectivity index (χ0n) is 9.92.